The first-order chi connectivity index (χ1) is 19.1. The van der Waals surface area contributed by atoms with Crippen LogP contribution in [0.1, 0.15) is 167 Å². The Morgan fingerprint density at radius 3 is 1.44 bits per heavy atom. The molecule has 0 aromatic rings. The molecule has 3 fully saturated rings. The zero-order chi connectivity index (χ0) is 27.7. The van der Waals surface area contributed by atoms with Crippen molar-refractivity contribution in [2.24, 2.45) is 29.6 Å². The summed E-state index contributed by atoms with van der Waals surface area (Å²) in [6, 6.07) is 0. The highest BCUT2D eigenvalue weighted by Gasteiger charge is 2.37. The monoisotopic (exact) mass is 664 g/mol. The number of carbonyl (C=O) groups is 1. The van der Waals surface area contributed by atoms with Crippen LogP contribution < -0.4 is 0 Å². The van der Waals surface area contributed by atoms with E-state index in [2.05, 4.69) is 0 Å². The number of alkyl halides is 2. The Labute approximate surface area is 253 Å². The van der Waals surface area contributed by atoms with Gasteiger partial charge >= 0.3 is 5.97 Å². The number of halogens is 3. The number of carbonyl (C=O) groups excluding carboxylic acids is 1. The van der Waals surface area contributed by atoms with Gasteiger partial charge in [-0.2, -0.15) is 0 Å². The Balaban J connectivity index is 1.74. The van der Waals surface area contributed by atoms with E-state index in [-0.39, 0.29) is 18.3 Å². The minimum absolute atomic E-state index is 0.146. The fourth-order valence-electron chi connectivity index (χ4n) is 8.32. The number of hydrogen-bond acceptors (Lipinski definition) is 2. The fourth-order valence-corrected chi connectivity index (χ4v) is 8.68. The SMILES string of the molecule is O=C(OI)C1CC(F)CC(C2CCCCCCCCCC2)CCCC(F)C(C2CCCCCCCCCC2)C1. The lowest BCUT2D eigenvalue weighted by atomic mass is 9.74. The van der Waals surface area contributed by atoms with Crippen LogP contribution in [-0.4, -0.2) is 18.3 Å². The van der Waals surface area contributed by atoms with Crippen LogP contribution in [0.5, 0.6) is 0 Å². The zero-order valence-electron chi connectivity index (χ0n) is 24.9. The molecule has 3 aliphatic carbocycles. The largest absolute Gasteiger partial charge is 0.394 e. The van der Waals surface area contributed by atoms with Crippen molar-refractivity contribution in [3.63, 3.8) is 0 Å². The molecule has 0 radical (unpaired) electrons. The summed E-state index contributed by atoms with van der Waals surface area (Å²) in [7, 11) is 0. The molecule has 39 heavy (non-hydrogen) atoms. The minimum Gasteiger partial charge on any atom is -0.394 e. The molecule has 2 nitrogen and oxygen atoms in total. The van der Waals surface area contributed by atoms with E-state index >= 15 is 8.78 Å². The van der Waals surface area contributed by atoms with E-state index < -0.39 is 18.3 Å². The molecule has 5 unspecified atom stereocenters. The average molecular weight is 665 g/mol. The second-order valence-corrected chi connectivity index (χ2v) is 14.0. The van der Waals surface area contributed by atoms with E-state index in [4.69, 9.17) is 3.07 Å². The fraction of sp³-hybridized carbons (Fsp3) is 0.971. The van der Waals surface area contributed by atoms with Gasteiger partial charge in [-0.3, -0.25) is 4.79 Å². The van der Waals surface area contributed by atoms with Gasteiger partial charge in [0, 0.05) is 0 Å². The first kappa shape index (κ1) is 33.6. The van der Waals surface area contributed by atoms with Crippen LogP contribution >= 0.6 is 23.0 Å². The van der Waals surface area contributed by atoms with Gasteiger partial charge in [-0.05, 0) is 55.8 Å². The Morgan fingerprint density at radius 1 is 0.513 bits per heavy atom. The van der Waals surface area contributed by atoms with Gasteiger partial charge < -0.3 is 3.07 Å². The average Bonchev–Trinajstić information content (AvgIpc) is 3.05. The maximum atomic E-state index is 16.2. The first-order valence-electron chi connectivity index (χ1n) is 17.2. The summed E-state index contributed by atoms with van der Waals surface area (Å²) in [6.07, 6.45) is 26.6. The molecule has 0 aromatic carbocycles. The lowest BCUT2D eigenvalue weighted by molar-refractivity contribution is -0.137. The normalized spacial score (nSPS) is 33.6. The molecule has 0 heterocycles. The summed E-state index contributed by atoms with van der Waals surface area (Å²) >= 11 is 1.65. The van der Waals surface area contributed by atoms with Gasteiger partial charge in [0.05, 0.1) is 5.92 Å². The van der Waals surface area contributed by atoms with Crippen molar-refractivity contribution in [2.75, 3.05) is 0 Å². The topological polar surface area (TPSA) is 26.3 Å². The molecule has 5 atom stereocenters. The summed E-state index contributed by atoms with van der Waals surface area (Å²) in [5, 5.41) is 0. The highest BCUT2D eigenvalue weighted by atomic mass is 127. The third-order valence-electron chi connectivity index (χ3n) is 10.7. The molecule has 0 bridgehead atoms. The van der Waals surface area contributed by atoms with Gasteiger partial charge in [0.2, 0.25) is 0 Å². The van der Waals surface area contributed by atoms with Crippen LogP contribution in [0.3, 0.4) is 0 Å². The molecule has 228 valence electrons. The summed E-state index contributed by atoms with van der Waals surface area (Å²) in [6.45, 7) is 0. The van der Waals surface area contributed by atoms with Crippen LogP contribution in [0.4, 0.5) is 8.78 Å². The van der Waals surface area contributed by atoms with Crippen LogP contribution in [0.2, 0.25) is 0 Å². The number of hydrogen-bond donors (Lipinski definition) is 0. The lowest BCUT2D eigenvalue weighted by Crippen LogP contribution is -2.31. The van der Waals surface area contributed by atoms with Gasteiger partial charge in [-0.25, -0.2) is 8.78 Å². The van der Waals surface area contributed by atoms with Gasteiger partial charge in [0.25, 0.3) is 0 Å². The molecule has 3 aliphatic rings. The van der Waals surface area contributed by atoms with E-state index in [0.717, 1.165) is 38.5 Å². The van der Waals surface area contributed by atoms with Crippen molar-refractivity contribution in [2.45, 2.75) is 179 Å². The molecular formula is C34H59F2IO2. The van der Waals surface area contributed by atoms with E-state index in [9.17, 15) is 4.79 Å². The van der Waals surface area contributed by atoms with Gasteiger partial charge in [0.15, 0.2) is 23.0 Å². The molecule has 5 heteroatoms. The summed E-state index contributed by atoms with van der Waals surface area (Å²) < 4.78 is 37.2. The molecule has 0 amide bonds. The Kier molecular flexibility index (Phi) is 17.3. The van der Waals surface area contributed by atoms with Crippen molar-refractivity contribution >= 4 is 29.0 Å². The van der Waals surface area contributed by atoms with E-state index in [1.807, 2.05) is 0 Å². The zero-order valence-corrected chi connectivity index (χ0v) is 27.0. The van der Waals surface area contributed by atoms with Gasteiger partial charge in [-0.15, -0.1) is 0 Å². The number of rotatable bonds is 3. The molecule has 3 rings (SSSR count). The quantitative estimate of drug-likeness (QED) is 0.281. The summed E-state index contributed by atoms with van der Waals surface area (Å²) in [4.78, 5) is 12.9. The predicted octanol–water partition coefficient (Wildman–Crippen LogP) is 11.8. The second-order valence-electron chi connectivity index (χ2n) is 13.6. The van der Waals surface area contributed by atoms with Crippen molar-refractivity contribution in [1.82, 2.24) is 0 Å². The van der Waals surface area contributed by atoms with Crippen molar-refractivity contribution < 1.29 is 16.6 Å². The highest BCUT2D eigenvalue weighted by Crippen LogP contribution is 2.41. The van der Waals surface area contributed by atoms with Crippen LogP contribution in [0, 0.1) is 29.6 Å². The van der Waals surface area contributed by atoms with Gasteiger partial charge in [0.1, 0.15) is 12.3 Å². The lowest BCUT2D eigenvalue weighted by Gasteiger charge is -2.32. The van der Waals surface area contributed by atoms with E-state index in [1.165, 1.54) is 103 Å². The highest BCUT2D eigenvalue weighted by molar-refractivity contribution is 14.1. The van der Waals surface area contributed by atoms with Gasteiger partial charge in [-0.1, -0.05) is 135 Å². The smallest absolute Gasteiger partial charge is 0.318 e. The molecule has 3 saturated carbocycles. The molecule has 0 saturated heterocycles. The molecular weight excluding hydrogens is 605 g/mol. The minimum atomic E-state index is -1.00. The molecule has 0 spiro atoms. The third kappa shape index (κ3) is 12.8. The molecule has 0 aromatic heterocycles. The molecule has 0 aliphatic heterocycles. The second kappa shape index (κ2) is 20.1. The van der Waals surface area contributed by atoms with E-state index in [1.54, 1.807) is 23.0 Å². The standard InChI is InChI=1S/C34H59F2IO2/c35-31-24-29(27-18-13-9-5-1-2-6-10-14-19-27)22-17-23-33(36)32(26-30(25-31)34(38)39-37)28-20-15-11-7-3-4-8-12-16-21-28/h27-33H,1-26H2. The Morgan fingerprint density at radius 2 is 0.949 bits per heavy atom. The van der Waals surface area contributed by atoms with Crippen molar-refractivity contribution in [1.29, 1.82) is 0 Å². The first-order valence-corrected chi connectivity index (χ1v) is 18.1. The van der Waals surface area contributed by atoms with Crippen molar-refractivity contribution in [3.8, 4) is 0 Å². The van der Waals surface area contributed by atoms with Crippen LogP contribution in [0.25, 0.3) is 0 Å². The maximum Gasteiger partial charge on any atom is 0.318 e. The third-order valence-corrected chi connectivity index (χ3v) is 11.1. The maximum absolute atomic E-state index is 16.2. The Hall–Kier alpha value is 0.0600. The predicted molar refractivity (Wildman–Crippen MR) is 167 cm³/mol. The van der Waals surface area contributed by atoms with Crippen LogP contribution in [-0.2, 0) is 7.86 Å². The molecule has 0 N–H and O–H groups in total. The summed E-state index contributed by atoms with van der Waals surface area (Å²) in [5.74, 6) is 0.167. The Bertz CT molecular complexity index is 623. The van der Waals surface area contributed by atoms with E-state index in [0.29, 0.717) is 37.0 Å². The van der Waals surface area contributed by atoms with Crippen molar-refractivity contribution in [3.05, 3.63) is 0 Å². The summed E-state index contributed by atoms with van der Waals surface area (Å²) in [5.41, 5.74) is 0. The van der Waals surface area contributed by atoms with Crippen LogP contribution in [0.15, 0.2) is 0 Å².